The van der Waals surface area contributed by atoms with E-state index in [1.54, 1.807) is 0 Å². The number of morpholine rings is 1. The Kier molecular flexibility index (Phi) is 5.74. The topological polar surface area (TPSA) is 75.7 Å². The zero-order chi connectivity index (χ0) is 18.0. The number of carbonyl (C=O) groups excluding carboxylic acids is 1. The van der Waals surface area contributed by atoms with Gasteiger partial charge in [-0.05, 0) is 18.2 Å². The maximum atomic E-state index is 13.2. The van der Waals surface area contributed by atoms with E-state index in [9.17, 15) is 26.4 Å². The first-order valence-corrected chi connectivity index (χ1v) is 8.78. The molecule has 24 heavy (non-hydrogen) atoms. The van der Waals surface area contributed by atoms with Crippen molar-refractivity contribution in [1.82, 2.24) is 4.31 Å². The second-order valence-corrected chi connectivity index (χ2v) is 7.08. The van der Waals surface area contributed by atoms with E-state index in [-0.39, 0.29) is 32.0 Å². The van der Waals surface area contributed by atoms with Gasteiger partial charge in [0.25, 0.3) is 0 Å². The monoisotopic (exact) mass is 386 g/mol. The number of carbonyl (C=O) groups is 1. The third-order valence-corrected chi connectivity index (χ3v) is 5.46. The SMILES string of the molecule is O=C(CCl)Nc1ccc(C(F)(F)F)c(S(=O)(=O)N2CCOCC2)c1. The normalized spacial score (nSPS) is 16.8. The van der Waals surface area contributed by atoms with Crippen LogP contribution in [0, 0.1) is 0 Å². The van der Waals surface area contributed by atoms with Crippen LogP contribution < -0.4 is 5.32 Å². The summed E-state index contributed by atoms with van der Waals surface area (Å²) < 4.78 is 70.7. The maximum absolute atomic E-state index is 13.2. The number of hydrogen-bond acceptors (Lipinski definition) is 4. The number of sulfonamides is 1. The van der Waals surface area contributed by atoms with E-state index in [0.717, 1.165) is 16.4 Å². The number of alkyl halides is 4. The van der Waals surface area contributed by atoms with Gasteiger partial charge in [-0.3, -0.25) is 4.79 Å². The van der Waals surface area contributed by atoms with Gasteiger partial charge in [0, 0.05) is 18.8 Å². The van der Waals surface area contributed by atoms with Crippen molar-refractivity contribution in [3.8, 4) is 0 Å². The summed E-state index contributed by atoms with van der Waals surface area (Å²) in [5, 5.41) is 2.24. The number of hydrogen-bond donors (Lipinski definition) is 1. The van der Waals surface area contributed by atoms with Crippen molar-refractivity contribution in [3.63, 3.8) is 0 Å². The Balaban J connectivity index is 2.50. The molecule has 1 aliphatic heterocycles. The van der Waals surface area contributed by atoms with Crippen LogP contribution >= 0.6 is 11.6 Å². The molecule has 1 aromatic carbocycles. The van der Waals surface area contributed by atoms with Crippen LogP contribution in [-0.4, -0.2) is 50.8 Å². The molecule has 1 fully saturated rings. The van der Waals surface area contributed by atoms with Gasteiger partial charge in [-0.1, -0.05) is 0 Å². The van der Waals surface area contributed by atoms with Gasteiger partial charge in [-0.2, -0.15) is 17.5 Å². The lowest BCUT2D eigenvalue weighted by Gasteiger charge is -2.27. The van der Waals surface area contributed by atoms with E-state index in [1.807, 2.05) is 0 Å². The average Bonchev–Trinajstić information content (AvgIpc) is 2.54. The van der Waals surface area contributed by atoms with Crippen molar-refractivity contribution >= 4 is 33.2 Å². The lowest BCUT2D eigenvalue weighted by molar-refractivity contribution is -0.139. The molecule has 0 radical (unpaired) electrons. The fourth-order valence-corrected chi connectivity index (χ4v) is 3.88. The molecule has 1 aromatic rings. The third kappa shape index (κ3) is 4.18. The molecular weight excluding hydrogens is 373 g/mol. The number of benzene rings is 1. The van der Waals surface area contributed by atoms with E-state index in [4.69, 9.17) is 16.3 Å². The van der Waals surface area contributed by atoms with Crippen LogP contribution in [0.3, 0.4) is 0 Å². The molecule has 2 rings (SSSR count). The van der Waals surface area contributed by atoms with Gasteiger partial charge in [0.15, 0.2) is 0 Å². The van der Waals surface area contributed by atoms with Crippen molar-refractivity contribution < 1.29 is 31.1 Å². The number of nitrogens with one attached hydrogen (secondary N) is 1. The third-order valence-electron chi connectivity index (χ3n) is 3.28. The van der Waals surface area contributed by atoms with Crippen LogP contribution in [0.4, 0.5) is 18.9 Å². The first-order valence-electron chi connectivity index (χ1n) is 6.81. The van der Waals surface area contributed by atoms with Gasteiger partial charge in [-0.15, -0.1) is 11.6 Å². The Bertz CT molecular complexity index is 718. The molecule has 1 aliphatic rings. The molecule has 6 nitrogen and oxygen atoms in total. The minimum absolute atomic E-state index is 0.0438. The highest BCUT2D eigenvalue weighted by Gasteiger charge is 2.39. The molecule has 0 bridgehead atoms. The summed E-state index contributed by atoms with van der Waals surface area (Å²) in [6.45, 7) is 0.113. The van der Waals surface area contributed by atoms with E-state index in [2.05, 4.69) is 5.32 Å². The van der Waals surface area contributed by atoms with Gasteiger partial charge in [0.2, 0.25) is 15.9 Å². The molecular formula is C13H14ClF3N2O4S. The molecule has 0 atom stereocenters. The fraction of sp³-hybridized carbons (Fsp3) is 0.462. The van der Waals surface area contributed by atoms with Gasteiger partial charge in [-0.25, -0.2) is 8.42 Å². The number of amides is 1. The van der Waals surface area contributed by atoms with Crippen molar-refractivity contribution in [2.45, 2.75) is 11.1 Å². The highest BCUT2D eigenvalue weighted by molar-refractivity contribution is 7.89. The Labute approximate surface area is 141 Å². The Morgan fingerprint density at radius 3 is 2.46 bits per heavy atom. The van der Waals surface area contributed by atoms with Gasteiger partial charge < -0.3 is 10.1 Å². The van der Waals surface area contributed by atoms with E-state index in [1.165, 1.54) is 0 Å². The van der Waals surface area contributed by atoms with Crippen molar-refractivity contribution in [2.24, 2.45) is 0 Å². The standard InChI is InChI=1S/C13H14ClF3N2O4S/c14-8-12(20)18-9-1-2-10(13(15,16)17)11(7-9)24(21,22)19-3-5-23-6-4-19/h1-2,7H,3-6,8H2,(H,18,20). The zero-order valence-corrected chi connectivity index (χ0v) is 13.8. The molecule has 11 heteroatoms. The number of rotatable bonds is 4. The Hall–Kier alpha value is -1.36. The maximum Gasteiger partial charge on any atom is 0.417 e. The summed E-state index contributed by atoms with van der Waals surface area (Å²) in [4.78, 5) is 10.4. The highest BCUT2D eigenvalue weighted by Crippen LogP contribution is 2.37. The van der Waals surface area contributed by atoms with Crippen LogP contribution in [0.2, 0.25) is 0 Å². The van der Waals surface area contributed by atoms with E-state index >= 15 is 0 Å². The first-order chi connectivity index (χ1) is 11.2. The number of nitrogens with zero attached hydrogens (tertiary/aromatic N) is 1. The van der Waals surface area contributed by atoms with E-state index in [0.29, 0.717) is 6.07 Å². The van der Waals surface area contributed by atoms with Crippen LogP contribution in [0.5, 0.6) is 0 Å². The van der Waals surface area contributed by atoms with Crippen LogP contribution in [0.25, 0.3) is 0 Å². The summed E-state index contributed by atoms with van der Waals surface area (Å²) >= 11 is 5.32. The highest BCUT2D eigenvalue weighted by atomic mass is 35.5. The summed E-state index contributed by atoms with van der Waals surface area (Å²) in [7, 11) is -4.39. The Morgan fingerprint density at radius 1 is 1.29 bits per heavy atom. The number of halogens is 4. The smallest absolute Gasteiger partial charge is 0.379 e. The minimum Gasteiger partial charge on any atom is -0.379 e. The molecule has 0 aromatic heterocycles. The molecule has 1 N–H and O–H groups in total. The number of anilines is 1. The van der Waals surface area contributed by atoms with Gasteiger partial charge in [0.1, 0.15) is 5.88 Å². The minimum atomic E-state index is -4.86. The Morgan fingerprint density at radius 2 is 1.92 bits per heavy atom. The number of ether oxygens (including phenoxy) is 1. The van der Waals surface area contributed by atoms with Gasteiger partial charge >= 0.3 is 6.18 Å². The molecule has 134 valence electrons. The van der Waals surface area contributed by atoms with Crippen LogP contribution in [-0.2, 0) is 25.7 Å². The summed E-state index contributed by atoms with van der Waals surface area (Å²) in [5.74, 6) is -1.07. The largest absolute Gasteiger partial charge is 0.417 e. The molecule has 0 saturated carbocycles. The summed E-state index contributed by atoms with van der Waals surface area (Å²) in [6, 6.07) is 2.39. The van der Waals surface area contributed by atoms with Crippen LogP contribution in [0.15, 0.2) is 23.1 Å². The fourth-order valence-electron chi connectivity index (χ4n) is 2.17. The van der Waals surface area contributed by atoms with E-state index < -0.39 is 38.4 Å². The molecule has 0 unspecified atom stereocenters. The molecule has 1 saturated heterocycles. The lowest BCUT2D eigenvalue weighted by atomic mass is 10.2. The van der Waals surface area contributed by atoms with Crippen molar-refractivity contribution in [3.05, 3.63) is 23.8 Å². The molecule has 0 aliphatic carbocycles. The second-order valence-electron chi connectivity index (χ2n) is 4.91. The first kappa shape index (κ1) is 19.0. The van der Waals surface area contributed by atoms with Crippen molar-refractivity contribution in [2.75, 3.05) is 37.5 Å². The predicted octanol–water partition coefficient (Wildman–Crippen LogP) is 1.90. The average molecular weight is 387 g/mol. The second kappa shape index (κ2) is 7.26. The van der Waals surface area contributed by atoms with Crippen molar-refractivity contribution in [1.29, 1.82) is 0 Å². The summed E-state index contributed by atoms with van der Waals surface area (Å²) in [6.07, 6.45) is -4.86. The summed E-state index contributed by atoms with van der Waals surface area (Å²) in [5.41, 5.74) is -1.38. The lowest BCUT2D eigenvalue weighted by Crippen LogP contribution is -2.41. The van der Waals surface area contributed by atoms with Gasteiger partial charge in [0.05, 0.1) is 23.7 Å². The van der Waals surface area contributed by atoms with Crippen LogP contribution in [0.1, 0.15) is 5.56 Å². The molecule has 1 amide bonds. The predicted molar refractivity (Wildman–Crippen MR) is 80.4 cm³/mol. The zero-order valence-electron chi connectivity index (χ0n) is 12.3. The molecule has 1 heterocycles. The quantitative estimate of drug-likeness (QED) is 0.802. The molecule has 0 spiro atoms.